The highest BCUT2D eigenvalue weighted by Crippen LogP contribution is 2.28. The molecule has 142 valence electrons. The van der Waals surface area contributed by atoms with Gasteiger partial charge in [-0.15, -0.1) is 0 Å². The van der Waals surface area contributed by atoms with Crippen molar-refractivity contribution in [1.29, 1.82) is 0 Å². The zero-order valence-corrected chi connectivity index (χ0v) is 16.1. The summed E-state index contributed by atoms with van der Waals surface area (Å²) in [4.78, 5) is 25.3. The van der Waals surface area contributed by atoms with E-state index in [-0.39, 0.29) is 23.8 Å². The first kappa shape index (κ1) is 19.2. The van der Waals surface area contributed by atoms with E-state index in [9.17, 15) is 9.59 Å². The summed E-state index contributed by atoms with van der Waals surface area (Å²) in [7, 11) is 0. The minimum Gasteiger partial charge on any atom is -0.491 e. The van der Waals surface area contributed by atoms with Crippen molar-refractivity contribution in [2.45, 2.75) is 51.6 Å². The van der Waals surface area contributed by atoms with Gasteiger partial charge < -0.3 is 4.74 Å². The first-order chi connectivity index (χ1) is 13.0. The highest BCUT2D eigenvalue weighted by atomic mass is 16.5. The minimum atomic E-state index is -0.0425. The van der Waals surface area contributed by atoms with Crippen molar-refractivity contribution in [3.05, 3.63) is 65.7 Å². The van der Waals surface area contributed by atoms with Crippen LogP contribution in [-0.2, 0) is 16.0 Å². The van der Waals surface area contributed by atoms with Gasteiger partial charge in [-0.1, -0.05) is 42.5 Å². The Morgan fingerprint density at radius 2 is 1.56 bits per heavy atom. The van der Waals surface area contributed by atoms with Gasteiger partial charge in [0.2, 0.25) is 11.8 Å². The highest BCUT2D eigenvalue weighted by Gasteiger charge is 2.29. The van der Waals surface area contributed by atoms with Gasteiger partial charge in [0.15, 0.2) is 0 Å². The van der Waals surface area contributed by atoms with Crippen molar-refractivity contribution in [1.82, 2.24) is 4.90 Å². The van der Waals surface area contributed by atoms with Crippen molar-refractivity contribution >= 4 is 11.8 Å². The second-order valence-electron chi connectivity index (χ2n) is 7.35. The molecule has 1 aliphatic heterocycles. The van der Waals surface area contributed by atoms with E-state index >= 15 is 0 Å². The molecule has 1 aliphatic rings. The summed E-state index contributed by atoms with van der Waals surface area (Å²) in [6, 6.07) is 18.5. The maximum atomic E-state index is 11.9. The maximum Gasteiger partial charge on any atom is 0.229 e. The Morgan fingerprint density at radius 1 is 0.926 bits per heavy atom. The molecule has 2 aromatic carbocycles. The second-order valence-corrected chi connectivity index (χ2v) is 7.35. The first-order valence-corrected chi connectivity index (χ1v) is 9.66. The number of ether oxygens (including phenoxy) is 1. The fourth-order valence-electron chi connectivity index (χ4n) is 3.53. The Hall–Kier alpha value is -2.62. The summed E-state index contributed by atoms with van der Waals surface area (Å²) in [5.74, 6) is 1.01. The average molecular weight is 365 g/mol. The maximum absolute atomic E-state index is 11.9. The van der Waals surface area contributed by atoms with E-state index in [2.05, 4.69) is 24.3 Å². The number of likely N-dealkylation sites (tertiary alicyclic amines) is 1. The van der Waals surface area contributed by atoms with Gasteiger partial charge in [-0.2, -0.15) is 0 Å². The number of hydrogen-bond acceptors (Lipinski definition) is 3. The van der Waals surface area contributed by atoms with Gasteiger partial charge in [-0.25, -0.2) is 0 Å². The van der Waals surface area contributed by atoms with E-state index in [0.29, 0.717) is 19.4 Å². The fraction of sp³-hybridized carbons (Fsp3) is 0.391. The molecule has 0 N–H and O–H groups in total. The van der Waals surface area contributed by atoms with Gasteiger partial charge >= 0.3 is 0 Å². The topological polar surface area (TPSA) is 46.6 Å². The number of rotatable bonds is 8. The Morgan fingerprint density at radius 3 is 2.15 bits per heavy atom. The second kappa shape index (κ2) is 8.85. The number of carbonyl (C=O) groups is 2. The predicted molar refractivity (Wildman–Crippen MR) is 106 cm³/mol. The van der Waals surface area contributed by atoms with Crippen LogP contribution in [0.4, 0.5) is 0 Å². The Balaban J connectivity index is 1.74. The molecular weight excluding hydrogens is 338 g/mol. The molecule has 0 bridgehead atoms. The molecule has 0 aliphatic carbocycles. The third kappa shape index (κ3) is 5.19. The molecular formula is C23H27NO3. The summed E-state index contributed by atoms with van der Waals surface area (Å²) in [6.07, 6.45) is 2.48. The molecule has 2 amide bonds. The molecule has 1 fully saturated rings. The lowest BCUT2D eigenvalue weighted by Gasteiger charge is -2.21. The van der Waals surface area contributed by atoms with Crippen molar-refractivity contribution < 1.29 is 14.3 Å². The van der Waals surface area contributed by atoms with Crippen LogP contribution < -0.4 is 4.74 Å². The largest absolute Gasteiger partial charge is 0.491 e. The van der Waals surface area contributed by atoms with E-state index in [4.69, 9.17) is 4.74 Å². The first-order valence-electron chi connectivity index (χ1n) is 9.66. The lowest BCUT2D eigenvalue weighted by Crippen LogP contribution is -2.31. The van der Waals surface area contributed by atoms with Crippen molar-refractivity contribution in [2.24, 2.45) is 0 Å². The smallest absolute Gasteiger partial charge is 0.229 e. The standard InChI is InChI=1S/C23H27NO3/c1-17(2)27-21-10-8-19(9-11-21)20(16-18-6-4-3-5-7-18)14-15-24-22(25)12-13-23(24)26/h3-11,17,20H,12-16H2,1-2H3. The number of benzene rings is 2. The fourth-order valence-corrected chi connectivity index (χ4v) is 3.53. The highest BCUT2D eigenvalue weighted by molar-refractivity contribution is 6.01. The summed E-state index contributed by atoms with van der Waals surface area (Å²) in [5.41, 5.74) is 2.46. The average Bonchev–Trinajstić information content (AvgIpc) is 2.98. The van der Waals surface area contributed by atoms with Crippen LogP contribution in [0.1, 0.15) is 50.2 Å². The van der Waals surface area contributed by atoms with Gasteiger partial charge in [0.25, 0.3) is 0 Å². The molecule has 27 heavy (non-hydrogen) atoms. The van der Waals surface area contributed by atoms with Crippen molar-refractivity contribution in [2.75, 3.05) is 6.54 Å². The van der Waals surface area contributed by atoms with Gasteiger partial charge in [-0.3, -0.25) is 14.5 Å². The SMILES string of the molecule is CC(C)Oc1ccc(C(CCN2C(=O)CCC2=O)Cc2ccccc2)cc1. The van der Waals surface area contributed by atoms with E-state index in [1.807, 2.05) is 44.2 Å². The molecule has 2 aromatic rings. The van der Waals surface area contributed by atoms with Gasteiger partial charge in [0, 0.05) is 19.4 Å². The van der Waals surface area contributed by atoms with Gasteiger partial charge in [0.1, 0.15) is 5.75 Å². The number of carbonyl (C=O) groups excluding carboxylic acids is 2. The molecule has 0 aromatic heterocycles. The zero-order valence-electron chi connectivity index (χ0n) is 16.1. The number of nitrogens with zero attached hydrogens (tertiary/aromatic N) is 1. The normalized spacial score (nSPS) is 15.4. The molecule has 0 spiro atoms. The lowest BCUT2D eigenvalue weighted by molar-refractivity contribution is -0.138. The van der Waals surface area contributed by atoms with Gasteiger partial charge in [0.05, 0.1) is 6.10 Å². The van der Waals surface area contributed by atoms with Crippen molar-refractivity contribution in [3.8, 4) is 5.75 Å². The Kier molecular flexibility index (Phi) is 6.28. The van der Waals surface area contributed by atoms with E-state index in [0.717, 1.165) is 18.6 Å². The number of amides is 2. The minimum absolute atomic E-state index is 0.0425. The summed E-state index contributed by atoms with van der Waals surface area (Å²) in [6.45, 7) is 4.51. The molecule has 0 saturated carbocycles. The monoisotopic (exact) mass is 365 g/mol. The third-order valence-corrected chi connectivity index (χ3v) is 4.90. The van der Waals surface area contributed by atoms with Crippen LogP contribution in [-0.4, -0.2) is 29.4 Å². The Labute approximate surface area is 161 Å². The molecule has 0 radical (unpaired) electrons. The van der Waals surface area contributed by atoms with Crippen LogP contribution in [0.25, 0.3) is 0 Å². The molecule has 3 rings (SSSR count). The zero-order chi connectivity index (χ0) is 19.2. The van der Waals surface area contributed by atoms with Crippen LogP contribution in [0, 0.1) is 0 Å². The summed E-state index contributed by atoms with van der Waals surface area (Å²) in [5, 5.41) is 0. The van der Waals surface area contributed by atoms with Crippen LogP contribution >= 0.6 is 0 Å². The predicted octanol–water partition coefficient (Wildman–Crippen LogP) is 4.34. The molecule has 4 nitrogen and oxygen atoms in total. The molecule has 1 heterocycles. The third-order valence-electron chi connectivity index (χ3n) is 4.90. The van der Waals surface area contributed by atoms with Gasteiger partial charge in [-0.05, 0) is 55.9 Å². The van der Waals surface area contributed by atoms with Crippen molar-refractivity contribution in [3.63, 3.8) is 0 Å². The molecule has 1 unspecified atom stereocenters. The van der Waals surface area contributed by atoms with E-state index in [1.165, 1.54) is 16.0 Å². The Bertz CT molecular complexity index is 752. The lowest BCUT2D eigenvalue weighted by atomic mass is 9.89. The van der Waals surface area contributed by atoms with Crippen LogP contribution in [0.5, 0.6) is 5.75 Å². The molecule has 1 atom stereocenters. The van der Waals surface area contributed by atoms with Crippen LogP contribution in [0.2, 0.25) is 0 Å². The van der Waals surface area contributed by atoms with E-state index in [1.54, 1.807) is 0 Å². The number of hydrogen-bond donors (Lipinski definition) is 0. The summed E-state index contributed by atoms with van der Waals surface area (Å²) >= 11 is 0. The summed E-state index contributed by atoms with van der Waals surface area (Å²) < 4.78 is 5.74. The van der Waals surface area contributed by atoms with Crippen LogP contribution in [0.3, 0.4) is 0 Å². The van der Waals surface area contributed by atoms with E-state index < -0.39 is 0 Å². The quantitative estimate of drug-likeness (QED) is 0.654. The molecule has 4 heteroatoms. The number of imide groups is 1. The molecule has 1 saturated heterocycles. The van der Waals surface area contributed by atoms with Crippen LogP contribution in [0.15, 0.2) is 54.6 Å².